The Balaban J connectivity index is 2.06. The van der Waals surface area contributed by atoms with Crippen molar-refractivity contribution in [1.29, 1.82) is 0 Å². The van der Waals surface area contributed by atoms with Gasteiger partial charge in [0.2, 0.25) is 5.91 Å². The van der Waals surface area contributed by atoms with E-state index in [1.165, 1.54) is 0 Å². The number of aromatic nitrogens is 2. The van der Waals surface area contributed by atoms with Crippen molar-refractivity contribution in [2.75, 3.05) is 6.54 Å². The van der Waals surface area contributed by atoms with E-state index in [0.29, 0.717) is 23.6 Å². The van der Waals surface area contributed by atoms with Crippen molar-refractivity contribution in [2.45, 2.75) is 53.0 Å². The second-order valence-corrected chi connectivity index (χ2v) is 8.36. The van der Waals surface area contributed by atoms with E-state index in [9.17, 15) is 14.7 Å². The van der Waals surface area contributed by atoms with Crippen LogP contribution in [0, 0.1) is 12.3 Å². The number of carbonyl (C=O) groups is 2. The topological polar surface area (TPSA) is 83.4 Å². The number of benzene rings is 1. The van der Waals surface area contributed by atoms with Crippen LogP contribution in [-0.4, -0.2) is 38.4 Å². The van der Waals surface area contributed by atoms with Crippen molar-refractivity contribution in [3.05, 3.63) is 47.4 Å². The predicted molar refractivity (Wildman–Crippen MR) is 107 cm³/mol. The summed E-state index contributed by atoms with van der Waals surface area (Å²) in [6, 6.07) is 8.45. The van der Waals surface area contributed by atoms with E-state index in [1.54, 1.807) is 30.3 Å². The number of aryl methyl sites for hydroxylation is 1. The van der Waals surface area contributed by atoms with Gasteiger partial charge < -0.3 is 10.0 Å². The van der Waals surface area contributed by atoms with Gasteiger partial charge in [0.25, 0.3) is 0 Å². The Morgan fingerprint density at radius 3 is 2.54 bits per heavy atom. The van der Waals surface area contributed by atoms with E-state index in [4.69, 9.17) is 4.98 Å². The third-order valence-corrected chi connectivity index (χ3v) is 5.01. The van der Waals surface area contributed by atoms with Crippen LogP contribution < -0.4 is 0 Å². The monoisotopic (exact) mass is 381 g/mol. The van der Waals surface area contributed by atoms with E-state index >= 15 is 0 Å². The van der Waals surface area contributed by atoms with Crippen LogP contribution >= 0.6 is 0 Å². The molecule has 0 saturated carbocycles. The molecule has 0 aliphatic carbocycles. The fourth-order valence-corrected chi connectivity index (χ4v) is 3.65. The molecule has 1 atom stereocenters. The summed E-state index contributed by atoms with van der Waals surface area (Å²) in [5.41, 5.74) is 1.63. The number of rotatable bonds is 3. The minimum absolute atomic E-state index is 0.0924. The Morgan fingerprint density at radius 1 is 1.14 bits per heavy atom. The lowest BCUT2D eigenvalue weighted by Crippen LogP contribution is -2.44. The van der Waals surface area contributed by atoms with E-state index in [1.807, 2.05) is 32.6 Å². The lowest BCUT2D eigenvalue weighted by molar-refractivity contribution is -0.143. The number of likely N-dealkylation sites (tertiary alicyclic amines) is 1. The molecule has 148 valence electrons. The first-order chi connectivity index (χ1) is 13.2. The van der Waals surface area contributed by atoms with Crippen LogP contribution in [0.1, 0.15) is 68.0 Å². The molecule has 2 aromatic rings. The SMILES string of the molecule is Cc1cc(-c2ccccc2C(=O)O)nc([C@@H]2CCCCN2C(=O)C(C)(C)C)n1. The average Bonchev–Trinajstić information content (AvgIpc) is 2.66. The smallest absolute Gasteiger partial charge is 0.336 e. The number of hydrogen-bond acceptors (Lipinski definition) is 4. The van der Waals surface area contributed by atoms with Crippen molar-refractivity contribution in [3.63, 3.8) is 0 Å². The summed E-state index contributed by atoms with van der Waals surface area (Å²) in [5, 5.41) is 9.52. The Morgan fingerprint density at radius 2 is 1.86 bits per heavy atom. The molecule has 1 N–H and O–H groups in total. The van der Waals surface area contributed by atoms with Gasteiger partial charge in [-0.2, -0.15) is 0 Å². The zero-order valence-corrected chi connectivity index (χ0v) is 16.9. The highest BCUT2D eigenvalue weighted by Gasteiger charge is 2.35. The lowest BCUT2D eigenvalue weighted by atomic mass is 9.91. The zero-order valence-electron chi connectivity index (χ0n) is 16.9. The molecule has 1 aromatic heterocycles. The van der Waals surface area contributed by atoms with Gasteiger partial charge in [-0.05, 0) is 38.3 Å². The second kappa shape index (κ2) is 7.70. The Bertz CT molecular complexity index is 902. The van der Waals surface area contributed by atoms with Crippen LogP contribution in [0.3, 0.4) is 0 Å². The predicted octanol–water partition coefficient (Wildman–Crippen LogP) is 4.25. The first kappa shape index (κ1) is 20.0. The Labute approximate surface area is 165 Å². The normalized spacial score (nSPS) is 17.4. The number of aromatic carboxylic acids is 1. The molecule has 3 rings (SSSR count). The summed E-state index contributed by atoms with van der Waals surface area (Å²) in [6.45, 7) is 8.34. The summed E-state index contributed by atoms with van der Waals surface area (Å²) in [6.07, 6.45) is 2.79. The molecule has 1 aliphatic heterocycles. The summed E-state index contributed by atoms with van der Waals surface area (Å²) >= 11 is 0. The number of nitrogens with zero attached hydrogens (tertiary/aromatic N) is 3. The van der Waals surface area contributed by atoms with Gasteiger partial charge in [-0.25, -0.2) is 14.8 Å². The highest BCUT2D eigenvalue weighted by atomic mass is 16.4. The molecule has 1 fully saturated rings. The van der Waals surface area contributed by atoms with Gasteiger partial charge in [0.15, 0.2) is 5.82 Å². The second-order valence-electron chi connectivity index (χ2n) is 8.36. The minimum atomic E-state index is -0.990. The average molecular weight is 381 g/mol. The summed E-state index contributed by atoms with van der Waals surface area (Å²) in [7, 11) is 0. The molecule has 1 aliphatic rings. The van der Waals surface area contributed by atoms with Crippen LogP contribution in [0.2, 0.25) is 0 Å². The summed E-state index contributed by atoms with van der Waals surface area (Å²) < 4.78 is 0. The van der Waals surface area contributed by atoms with E-state index in [2.05, 4.69) is 4.98 Å². The maximum Gasteiger partial charge on any atom is 0.336 e. The van der Waals surface area contributed by atoms with Crippen molar-refractivity contribution in [3.8, 4) is 11.3 Å². The molecule has 0 radical (unpaired) electrons. The molecule has 0 unspecified atom stereocenters. The molecule has 0 spiro atoms. The third-order valence-electron chi connectivity index (χ3n) is 5.01. The van der Waals surface area contributed by atoms with Gasteiger partial charge in [-0.15, -0.1) is 0 Å². The molecule has 1 aromatic carbocycles. The molecule has 1 amide bonds. The highest BCUT2D eigenvalue weighted by molar-refractivity contribution is 5.95. The molecule has 6 nitrogen and oxygen atoms in total. The van der Waals surface area contributed by atoms with Gasteiger partial charge in [-0.1, -0.05) is 39.0 Å². The van der Waals surface area contributed by atoms with Crippen molar-refractivity contribution in [2.24, 2.45) is 5.41 Å². The maximum atomic E-state index is 13.0. The number of carboxylic acid groups (broad SMARTS) is 1. The fraction of sp³-hybridized carbons (Fsp3) is 0.455. The first-order valence-corrected chi connectivity index (χ1v) is 9.68. The van der Waals surface area contributed by atoms with Crippen LogP contribution in [0.25, 0.3) is 11.3 Å². The van der Waals surface area contributed by atoms with E-state index in [-0.39, 0.29) is 17.5 Å². The molecule has 28 heavy (non-hydrogen) atoms. The summed E-state index contributed by atoms with van der Waals surface area (Å²) in [4.78, 5) is 35.8. The van der Waals surface area contributed by atoms with Gasteiger partial charge in [0.1, 0.15) is 0 Å². The van der Waals surface area contributed by atoms with Crippen molar-refractivity contribution < 1.29 is 14.7 Å². The van der Waals surface area contributed by atoms with Crippen LogP contribution in [0.15, 0.2) is 30.3 Å². The number of piperidine rings is 1. The number of carbonyl (C=O) groups excluding carboxylic acids is 1. The molecule has 1 saturated heterocycles. The van der Waals surface area contributed by atoms with Gasteiger partial charge >= 0.3 is 5.97 Å². The largest absolute Gasteiger partial charge is 0.478 e. The van der Waals surface area contributed by atoms with Crippen LogP contribution in [-0.2, 0) is 4.79 Å². The Hall–Kier alpha value is -2.76. The highest BCUT2D eigenvalue weighted by Crippen LogP contribution is 2.34. The van der Waals surface area contributed by atoms with E-state index < -0.39 is 11.4 Å². The lowest BCUT2D eigenvalue weighted by Gasteiger charge is -2.38. The van der Waals surface area contributed by atoms with Crippen molar-refractivity contribution in [1.82, 2.24) is 14.9 Å². The fourth-order valence-electron chi connectivity index (χ4n) is 3.65. The third kappa shape index (κ3) is 4.06. The van der Waals surface area contributed by atoms with Gasteiger partial charge in [-0.3, -0.25) is 4.79 Å². The zero-order chi connectivity index (χ0) is 20.5. The molecule has 0 bridgehead atoms. The van der Waals surface area contributed by atoms with Crippen LogP contribution in [0.5, 0.6) is 0 Å². The molecule has 2 heterocycles. The Kier molecular flexibility index (Phi) is 5.49. The van der Waals surface area contributed by atoms with Gasteiger partial charge in [0.05, 0.1) is 17.3 Å². The number of carboxylic acids is 1. The standard InChI is InChI=1S/C22H27N3O3/c1-14-13-17(15-9-5-6-10-16(15)20(26)27)24-19(23-14)18-11-7-8-12-25(18)21(28)22(2,3)4/h5-6,9-10,13,18H,7-8,11-12H2,1-4H3,(H,26,27)/t18-/m0/s1. The first-order valence-electron chi connectivity index (χ1n) is 9.68. The van der Waals surface area contributed by atoms with Crippen LogP contribution in [0.4, 0.5) is 0 Å². The number of amides is 1. The minimum Gasteiger partial charge on any atom is -0.478 e. The molecular formula is C22H27N3O3. The molecular weight excluding hydrogens is 354 g/mol. The molecule has 6 heteroatoms. The summed E-state index contributed by atoms with van der Waals surface area (Å²) in [5.74, 6) is -0.307. The quantitative estimate of drug-likeness (QED) is 0.859. The van der Waals surface area contributed by atoms with E-state index in [0.717, 1.165) is 25.0 Å². The maximum absolute atomic E-state index is 13.0. The van der Waals surface area contributed by atoms with Crippen molar-refractivity contribution >= 4 is 11.9 Å². The number of hydrogen-bond donors (Lipinski definition) is 1. The van der Waals surface area contributed by atoms with Gasteiger partial charge in [0, 0.05) is 23.2 Å².